The Hall–Kier alpha value is -6.90. The predicted molar refractivity (Wildman–Crippen MR) is 238 cm³/mol. The van der Waals surface area contributed by atoms with E-state index in [0.29, 0.717) is 35.3 Å². The van der Waals surface area contributed by atoms with Gasteiger partial charge in [-0.05, 0) is 70.5 Å². The number of quaternary nitrogens is 1. The van der Waals surface area contributed by atoms with E-state index in [9.17, 15) is 5.41 Å². The molecule has 59 heavy (non-hydrogen) atoms. The van der Waals surface area contributed by atoms with Crippen LogP contribution in [-0.4, -0.2) is 32.4 Å². The zero-order valence-electron chi connectivity index (χ0n) is 33.9. The van der Waals surface area contributed by atoms with Crippen LogP contribution < -0.4 is 5.73 Å². The highest BCUT2D eigenvalue weighted by molar-refractivity contribution is 6.14. The lowest BCUT2D eigenvalue weighted by Crippen LogP contribution is -2.55. The van der Waals surface area contributed by atoms with Gasteiger partial charge in [0.15, 0.2) is 23.3 Å². The van der Waals surface area contributed by atoms with Crippen molar-refractivity contribution in [1.29, 1.82) is 5.41 Å². The molecule has 0 spiro atoms. The van der Waals surface area contributed by atoms with Gasteiger partial charge in [0.1, 0.15) is 0 Å². The van der Waals surface area contributed by atoms with Gasteiger partial charge >= 0.3 is 0 Å². The normalized spacial score (nSPS) is 14.5. The van der Waals surface area contributed by atoms with Gasteiger partial charge in [-0.25, -0.2) is 19.9 Å². The fourth-order valence-electron chi connectivity index (χ4n) is 7.18. The van der Waals surface area contributed by atoms with Crippen molar-refractivity contribution in [3.8, 4) is 34.2 Å². The van der Waals surface area contributed by atoms with Crippen LogP contribution in [0.4, 0.5) is 0 Å². The smallest absolute Gasteiger partial charge is 0.257 e. The van der Waals surface area contributed by atoms with Crippen LogP contribution in [0.5, 0.6) is 0 Å². The van der Waals surface area contributed by atoms with Crippen molar-refractivity contribution in [3.63, 3.8) is 0 Å². The summed E-state index contributed by atoms with van der Waals surface area (Å²) >= 11 is 0. The first kappa shape index (κ1) is 38.9. The van der Waals surface area contributed by atoms with Gasteiger partial charge in [0.05, 0.1) is 17.3 Å². The summed E-state index contributed by atoms with van der Waals surface area (Å²) in [5.74, 6) is 2.75. The minimum absolute atomic E-state index is 0.00871. The van der Waals surface area contributed by atoms with Gasteiger partial charge < -0.3 is 10.5 Å². The molecular weight excluding hydrogens is 727 g/mol. The van der Waals surface area contributed by atoms with Crippen molar-refractivity contribution >= 4 is 17.4 Å². The first-order valence-electron chi connectivity index (χ1n) is 20.2. The maximum Gasteiger partial charge on any atom is 0.257 e. The summed E-state index contributed by atoms with van der Waals surface area (Å²) in [6.45, 7) is 8.61. The molecule has 0 saturated heterocycles. The second-order valence-electron chi connectivity index (χ2n) is 15.5. The molecule has 8 heteroatoms. The number of nitrogens with one attached hydrogen (secondary N) is 1. The standard InChI is InChI=1S/C51H47N7O/c1-32(2)38-25-40(29-42(27-38)50-54-44(34-17-9-5-10-18-34)31-45(55-50)35-19-11-6-12-20-35)46(52)59-47(53)41-26-39(33(3)4)28-43(30-41)51-57-48(36-21-13-7-14-22-36)56-49(58-51)37-23-15-8-16-24-37/h5-30,32-33,44,46,53H,31,52H2,1-4H3/p+1. The molecule has 6 aromatic carbocycles. The summed E-state index contributed by atoms with van der Waals surface area (Å²) < 4.78 is 6.44. The monoisotopic (exact) mass is 774 g/mol. The van der Waals surface area contributed by atoms with E-state index in [1.165, 1.54) is 0 Å². The zero-order chi connectivity index (χ0) is 40.9. The van der Waals surface area contributed by atoms with Gasteiger partial charge in [0, 0.05) is 34.2 Å². The number of amidine groups is 1. The van der Waals surface area contributed by atoms with Gasteiger partial charge in [-0.2, -0.15) is 0 Å². The van der Waals surface area contributed by atoms with Crippen molar-refractivity contribution in [2.75, 3.05) is 0 Å². The zero-order valence-corrected chi connectivity index (χ0v) is 33.9. The summed E-state index contributed by atoms with van der Waals surface area (Å²) in [4.78, 5) is 25.2. The number of nitrogens with zero attached hydrogens (tertiary/aromatic N) is 5. The summed E-state index contributed by atoms with van der Waals surface area (Å²) in [6, 6.07) is 52.9. The average molecular weight is 775 g/mol. The molecule has 1 aromatic heterocycles. The highest BCUT2D eigenvalue weighted by Gasteiger charge is 2.25. The Bertz CT molecular complexity index is 2580. The third-order valence-electron chi connectivity index (χ3n) is 10.6. The molecule has 7 aromatic rings. The Morgan fingerprint density at radius 1 is 0.559 bits per heavy atom. The number of benzene rings is 6. The molecule has 0 amide bonds. The van der Waals surface area contributed by atoms with Crippen LogP contribution in [0.15, 0.2) is 168 Å². The number of aliphatic imine (C=N–C) groups is 2. The molecule has 2 unspecified atom stereocenters. The van der Waals surface area contributed by atoms with Gasteiger partial charge in [-0.15, -0.1) is 0 Å². The lowest BCUT2D eigenvalue weighted by atomic mass is 9.94. The first-order valence-corrected chi connectivity index (χ1v) is 20.2. The van der Waals surface area contributed by atoms with Crippen LogP contribution in [0.1, 0.15) is 97.2 Å². The minimum atomic E-state index is -0.690. The molecule has 8 nitrogen and oxygen atoms in total. The molecule has 1 aliphatic heterocycles. The van der Waals surface area contributed by atoms with Crippen LogP contribution in [0.3, 0.4) is 0 Å². The van der Waals surface area contributed by atoms with E-state index >= 15 is 0 Å². The quantitative estimate of drug-likeness (QED) is 0.0771. The van der Waals surface area contributed by atoms with Crippen molar-refractivity contribution in [2.45, 2.75) is 58.2 Å². The largest absolute Gasteiger partial charge is 0.421 e. The minimum Gasteiger partial charge on any atom is -0.421 e. The Morgan fingerprint density at radius 3 is 1.59 bits per heavy atom. The number of rotatable bonds is 11. The van der Waals surface area contributed by atoms with E-state index in [1.807, 2.05) is 97.1 Å². The second-order valence-corrected chi connectivity index (χ2v) is 15.5. The summed E-state index contributed by atoms with van der Waals surface area (Å²) in [5, 5.41) is 9.33. The highest BCUT2D eigenvalue weighted by atomic mass is 16.5. The Labute approximate surface area is 346 Å². The average Bonchev–Trinajstić information content (AvgIpc) is 3.29. The van der Waals surface area contributed by atoms with Crippen LogP contribution in [0.25, 0.3) is 34.2 Å². The summed E-state index contributed by atoms with van der Waals surface area (Å²) in [7, 11) is 0. The molecule has 2 atom stereocenters. The molecule has 0 saturated carbocycles. The van der Waals surface area contributed by atoms with E-state index in [4.69, 9.17) is 29.7 Å². The SMILES string of the molecule is CC(C)c1cc(C(=N)OC([NH3+])c2cc(C3=NC(c4ccccc4)CC(c4ccccc4)=N3)cc(C(C)C)c2)cc(-c2nc(-c3ccccc3)nc(-c3ccccc3)n2)c1. The van der Waals surface area contributed by atoms with Crippen molar-refractivity contribution in [2.24, 2.45) is 9.98 Å². The van der Waals surface area contributed by atoms with Gasteiger partial charge in [-0.1, -0.05) is 149 Å². The van der Waals surface area contributed by atoms with E-state index in [2.05, 4.69) is 94.1 Å². The number of hydrogen-bond acceptors (Lipinski definition) is 7. The molecule has 0 aliphatic carbocycles. The maximum atomic E-state index is 9.33. The molecule has 0 fully saturated rings. The van der Waals surface area contributed by atoms with Crippen molar-refractivity contribution < 1.29 is 10.5 Å². The molecule has 292 valence electrons. The van der Waals surface area contributed by atoms with Crippen LogP contribution in [-0.2, 0) is 4.74 Å². The lowest BCUT2D eigenvalue weighted by molar-refractivity contribution is -0.484. The number of ether oxygens (including phenoxy) is 1. The highest BCUT2D eigenvalue weighted by Crippen LogP contribution is 2.32. The van der Waals surface area contributed by atoms with Gasteiger partial charge in [0.25, 0.3) is 6.23 Å². The lowest BCUT2D eigenvalue weighted by Gasteiger charge is -2.22. The van der Waals surface area contributed by atoms with Crippen LogP contribution in [0, 0.1) is 5.41 Å². The first-order chi connectivity index (χ1) is 28.7. The predicted octanol–water partition coefficient (Wildman–Crippen LogP) is 10.8. The van der Waals surface area contributed by atoms with Crippen molar-refractivity contribution in [1.82, 2.24) is 15.0 Å². The molecular formula is C51H48N7O+. The Morgan fingerprint density at radius 2 is 1.03 bits per heavy atom. The van der Waals surface area contributed by atoms with Gasteiger partial charge in [-0.3, -0.25) is 10.4 Å². The molecule has 0 bridgehead atoms. The third-order valence-corrected chi connectivity index (χ3v) is 10.6. The van der Waals surface area contributed by atoms with E-state index < -0.39 is 6.23 Å². The summed E-state index contributed by atoms with van der Waals surface area (Å²) in [6.07, 6.45) is 0.0135. The second kappa shape index (κ2) is 17.3. The number of hydrogen-bond donors (Lipinski definition) is 2. The molecule has 8 rings (SSSR count). The van der Waals surface area contributed by atoms with E-state index in [-0.39, 0.29) is 23.8 Å². The Balaban J connectivity index is 1.15. The number of aromatic nitrogens is 3. The summed E-state index contributed by atoms with van der Waals surface area (Å²) in [5.41, 5.74) is 14.7. The topological polar surface area (TPSA) is 124 Å². The van der Waals surface area contributed by atoms with E-state index in [0.717, 1.165) is 55.8 Å². The molecule has 2 heterocycles. The van der Waals surface area contributed by atoms with E-state index in [1.54, 1.807) is 0 Å². The van der Waals surface area contributed by atoms with Gasteiger partial charge in [0.2, 0.25) is 5.90 Å². The maximum absolute atomic E-state index is 9.33. The van der Waals surface area contributed by atoms with Crippen molar-refractivity contribution in [3.05, 3.63) is 197 Å². The Kier molecular flexibility index (Phi) is 11.4. The fourth-order valence-corrected chi connectivity index (χ4v) is 7.18. The third kappa shape index (κ3) is 8.98. The molecule has 0 radical (unpaired) electrons. The molecule has 4 N–H and O–H groups in total. The molecule has 1 aliphatic rings. The van der Waals surface area contributed by atoms with Crippen LogP contribution >= 0.6 is 0 Å². The fraction of sp³-hybridized carbons (Fsp3) is 0.176. The van der Waals surface area contributed by atoms with Crippen LogP contribution in [0.2, 0.25) is 0 Å².